The SMILES string of the molecule is CCS(CC)(CC)c1cccc2c1oc1c(OC)cccc12. The van der Waals surface area contributed by atoms with Crippen molar-refractivity contribution in [3.8, 4) is 5.75 Å². The van der Waals surface area contributed by atoms with Crippen molar-refractivity contribution in [3.63, 3.8) is 0 Å². The van der Waals surface area contributed by atoms with E-state index in [4.69, 9.17) is 9.15 Å². The molecule has 0 radical (unpaired) electrons. The Hall–Kier alpha value is -1.61. The quantitative estimate of drug-likeness (QED) is 0.592. The Morgan fingerprint density at radius 2 is 1.45 bits per heavy atom. The Morgan fingerprint density at radius 3 is 2.05 bits per heavy atom. The molecule has 0 bridgehead atoms. The van der Waals surface area contributed by atoms with Gasteiger partial charge in [-0.2, -0.15) is 0 Å². The van der Waals surface area contributed by atoms with Crippen LogP contribution in [0.2, 0.25) is 0 Å². The number of hydrogen-bond acceptors (Lipinski definition) is 2. The molecule has 22 heavy (non-hydrogen) atoms. The van der Waals surface area contributed by atoms with Crippen LogP contribution in [0.15, 0.2) is 45.7 Å². The highest BCUT2D eigenvalue weighted by Gasteiger charge is 2.25. The number of para-hydroxylation sites is 2. The van der Waals surface area contributed by atoms with Crippen LogP contribution >= 0.6 is 10.0 Å². The van der Waals surface area contributed by atoms with E-state index in [1.54, 1.807) is 7.11 Å². The van der Waals surface area contributed by atoms with E-state index >= 15 is 0 Å². The Balaban J connectivity index is 2.38. The molecule has 3 heteroatoms. The molecule has 2 aromatic carbocycles. The van der Waals surface area contributed by atoms with Crippen LogP contribution in [0.5, 0.6) is 5.75 Å². The molecule has 0 N–H and O–H groups in total. The van der Waals surface area contributed by atoms with Gasteiger partial charge in [-0.3, -0.25) is 0 Å². The lowest BCUT2D eigenvalue weighted by Gasteiger charge is -2.37. The summed E-state index contributed by atoms with van der Waals surface area (Å²) in [7, 11) is 0.880. The lowest BCUT2D eigenvalue weighted by molar-refractivity contribution is 0.412. The van der Waals surface area contributed by atoms with Crippen molar-refractivity contribution in [2.75, 3.05) is 24.4 Å². The average Bonchev–Trinajstić information content (AvgIpc) is 2.96. The molecule has 0 amide bonds. The largest absolute Gasteiger partial charge is 0.493 e. The molecule has 0 aliphatic carbocycles. The Bertz CT molecular complexity index is 791. The first-order valence-corrected chi connectivity index (χ1v) is 10.1. The summed E-state index contributed by atoms with van der Waals surface area (Å²) in [5.74, 6) is 4.41. The van der Waals surface area contributed by atoms with Crippen LogP contribution in [0, 0.1) is 0 Å². The molecule has 0 unspecified atom stereocenters. The summed E-state index contributed by atoms with van der Waals surface area (Å²) in [5, 5.41) is 2.35. The van der Waals surface area contributed by atoms with Crippen LogP contribution in [-0.2, 0) is 0 Å². The fourth-order valence-corrected chi connectivity index (χ4v) is 6.42. The van der Waals surface area contributed by atoms with Gasteiger partial charge >= 0.3 is 0 Å². The van der Waals surface area contributed by atoms with Crippen molar-refractivity contribution >= 4 is 32.0 Å². The third kappa shape index (κ3) is 2.11. The third-order valence-corrected chi connectivity index (χ3v) is 9.37. The summed E-state index contributed by atoms with van der Waals surface area (Å²) in [4.78, 5) is 1.41. The summed E-state index contributed by atoms with van der Waals surface area (Å²) >= 11 is 0. The number of ether oxygens (including phenoxy) is 1. The minimum Gasteiger partial charge on any atom is -0.493 e. The Labute approximate surface area is 133 Å². The van der Waals surface area contributed by atoms with Gasteiger partial charge in [0.1, 0.15) is 5.58 Å². The van der Waals surface area contributed by atoms with Crippen molar-refractivity contribution in [3.05, 3.63) is 36.4 Å². The molecule has 2 nitrogen and oxygen atoms in total. The topological polar surface area (TPSA) is 22.4 Å². The van der Waals surface area contributed by atoms with E-state index < -0.39 is 10.0 Å². The number of benzene rings is 2. The fourth-order valence-electron chi connectivity index (χ4n) is 3.35. The van der Waals surface area contributed by atoms with Gasteiger partial charge in [-0.15, -0.1) is 0 Å². The van der Waals surface area contributed by atoms with E-state index in [1.165, 1.54) is 27.5 Å². The van der Waals surface area contributed by atoms with Crippen molar-refractivity contribution in [2.24, 2.45) is 0 Å². The number of hydrogen-bond donors (Lipinski definition) is 0. The molecule has 1 heterocycles. The molecule has 0 aliphatic heterocycles. The van der Waals surface area contributed by atoms with E-state index in [0.717, 1.165) is 22.3 Å². The lowest BCUT2D eigenvalue weighted by Crippen LogP contribution is -2.09. The molecule has 0 aliphatic rings. The van der Waals surface area contributed by atoms with Crippen molar-refractivity contribution in [2.45, 2.75) is 25.7 Å². The Morgan fingerprint density at radius 1 is 0.864 bits per heavy atom. The van der Waals surface area contributed by atoms with Gasteiger partial charge in [0.2, 0.25) is 0 Å². The molecule has 3 aromatic rings. The van der Waals surface area contributed by atoms with Gasteiger partial charge in [0, 0.05) is 15.7 Å². The summed E-state index contributed by atoms with van der Waals surface area (Å²) in [6, 6.07) is 12.7. The smallest absolute Gasteiger partial charge is 0.177 e. The summed E-state index contributed by atoms with van der Waals surface area (Å²) in [6.07, 6.45) is 0. The first-order valence-electron chi connectivity index (χ1n) is 7.95. The van der Waals surface area contributed by atoms with Gasteiger partial charge in [-0.05, 0) is 29.4 Å². The molecule has 0 fully saturated rings. The molecule has 1 aromatic heterocycles. The van der Waals surface area contributed by atoms with E-state index in [-0.39, 0.29) is 0 Å². The zero-order valence-corrected chi connectivity index (χ0v) is 14.6. The highest BCUT2D eigenvalue weighted by atomic mass is 32.3. The number of furan rings is 1. The molecular formula is C19H24O2S. The monoisotopic (exact) mass is 316 g/mol. The van der Waals surface area contributed by atoms with Crippen LogP contribution < -0.4 is 4.74 Å². The Kier molecular flexibility index (Phi) is 4.09. The van der Waals surface area contributed by atoms with Crippen LogP contribution in [0.3, 0.4) is 0 Å². The van der Waals surface area contributed by atoms with Crippen LogP contribution in [0.1, 0.15) is 20.8 Å². The first-order chi connectivity index (χ1) is 10.7. The first kappa shape index (κ1) is 15.3. The minimum atomic E-state index is -0.817. The standard InChI is InChI=1S/C19H24O2S/c1-5-22(6-2,7-3)17-13-9-11-15-14-10-8-12-16(20-4)18(14)21-19(15)17/h8-13H,5-7H2,1-4H3. The second-order valence-corrected chi connectivity index (χ2v) is 9.75. The van der Waals surface area contributed by atoms with Crippen molar-refractivity contribution in [1.82, 2.24) is 0 Å². The van der Waals surface area contributed by atoms with Crippen molar-refractivity contribution in [1.29, 1.82) is 0 Å². The predicted molar refractivity (Wildman–Crippen MR) is 97.8 cm³/mol. The third-order valence-electron chi connectivity index (χ3n) is 4.80. The van der Waals surface area contributed by atoms with Gasteiger partial charge in [0.05, 0.1) is 7.11 Å². The van der Waals surface area contributed by atoms with E-state index in [1.807, 2.05) is 12.1 Å². The second kappa shape index (κ2) is 5.88. The van der Waals surface area contributed by atoms with E-state index in [0.29, 0.717) is 0 Å². The van der Waals surface area contributed by atoms with Crippen LogP contribution in [0.25, 0.3) is 21.9 Å². The lowest BCUT2D eigenvalue weighted by atomic mass is 10.1. The second-order valence-electron chi connectivity index (χ2n) is 5.48. The zero-order valence-electron chi connectivity index (χ0n) is 13.8. The highest BCUT2D eigenvalue weighted by molar-refractivity contribution is 8.33. The average molecular weight is 316 g/mol. The summed E-state index contributed by atoms with van der Waals surface area (Å²) < 4.78 is 11.8. The maximum absolute atomic E-state index is 6.31. The molecule has 3 rings (SSSR count). The molecule has 118 valence electrons. The number of rotatable bonds is 5. The maximum atomic E-state index is 6.31. The van der Waals surface area contributed by atoms with Gasteiger partial charge in [0.25, 0.3) is 0 Å². The van der Waals surface area contributed by atoms with E-state index in [9.17, 15) is 0 Å². The summed E-state index contributed by atoms with van der Waals surface area (Å²) in [6.45, 7) is 6.93. The van der Waals surface area contributed by atoms with Gasteiger partial charge in [0.15, 0.2) is 11.3 Å². The van der Waals surface area contributed by atoms with Crippen molar-refractivity contribution < 1.29 is 9.15 Å². The van der Waals surface area contributed by atoms with Gasteiger partial charge in [-0.25, -0.2) is 10.0 Å². The van der Waals surface area contributed by atoms with Gasteiger partial charge in [-0.1, -0.05) is 45.0 Å². The number of fused-ring (bicyclic) bond motifs is 3. The zero-order chi connectivity index (χ0) is 15.7. The molecule has 0 saturated heterocycles. The number of methoxy groups -OCH3 is 1. The fraction of sp³-hybridized carbons (Fsp3) is 0.368. The van der Waals surface area contributed by atoms with Crippen LogP contribution in [0.4, 0.5) is 0 Å². The van der Waals surface area contributed by atoms with Crippen LogP contribution in [-0.4, -0.2) is 24.4 Å². The molecular weight excluding hydrogens is 292 g/mol. The summed E-state index contributed by atoms with van der Waals surface area (Å²) in [5.41, 5.74) is 1.92. The highest BCUT2D eigenvalue weighted by Crippen LogP contribution is 2.58. The molecule has 0 saturated carbocycles. The van der Waals surface area contributed by atoms with Gasteiger partial charge < -0.3 is 9.15 Å². The normalized spacial score (nSPS) is 12.9. The molecule has 0 atom stereocenters. The predicted octanol–water partition coefficient (Wildman–Crippen LogP) is 5.82. The van der Waals surface area contributed by atoms with E-state index in [2.05, 4.69) is 45.0 Å². The minimum absolute atomic E-state index is 0.810. The molecule has 0 spiro atoms. The maximum Gasteiger partial charge on any atom is 0.177 e.